The Morgan fingerprint density at radius 2 is 2.25 bits per heavy atom. The van der Waals surface area contributed by atoms with Crippen molar-refractivity contribution in [3.63, 3.8) is 0 Å². The first-order chi connectivity index (χ1) is 7.58. The van der Waals surface area contributed by atoms with E-state index in [0.29, 0.717) is 0 Å². The van der Waals surface area contributed by atoms with Crippen LogP contribution in [-0.2, 0) is 0 Å². The van der Waals surface area contributed by atoms with Crippen molar-refractivity contribution in [2.24, 2.45) is 0 Å². The van der Waals surface area contributed by atoms with Crippen molar-refractivity contribution >= 4 is 39.9 Å². The molecule has 0 atom stereocenters. The third-order valence-electron chi connectivity index (χ3n) is 1.78. The molecule has 0 aliphatic heterocycles. The summed E-state index contributed by atoms with van der Waals surface area (Å²) in [4.78, 5) is 14.2. The lowest BCUT2D eigenvalue weighted by Crippen LogP contribution is -2.03. The second kappa shape index (κ2) is 4.34. The molecule has 0 bridgehead atoms. The molecule has 0 N–H and O–H groups in total. The molecule has 16 heavy (non-hydrogen) atoms. The van der Waals surface area contributed by atoms with Crippen molar-refractivity contribution in [1.29, 1.82) is 0 Å². The van der Waals surface area contributed by atoms with Crippen molar-refractivity contribution in [1.82, 2.24) is 14.8 Å². The van der Waals surface area contributed by atoms with E-state index in [0.717, 1.165) is 3.57 Å². The van der Waals surface area contributed by atoms with Crippen LogP contribution in [0.3, 0.4) is 0 Å². The second-order valence-corrected chi connectivity index (χ2v) is 4.54. The van der Waals surface area contributed by atoms with Crippen LogP contribution in [0.1, 0.15) is 0 Å². The molecule has 0 aromatic carbocycles. The van der Waals surface area contributed by atoms with Crippen LogP contribution in [0.25, 0.3) is 5.82 Å². The van der Waals surface area contributed by atoms with E-state index < -0.39 is 4.92 Å². The lowest BCUT2D eigenvalue weighted by Gasteiger charge is -2.01. The van der Waals surface area contributed by atoms with E-state index in [2.05, 4.69) is 32.7 Å². The van der Waals surface area contributed by atoms with Crippen LogP contribution in [-0.4, -0.2) is 19.7 Å². The molecule has 2 aromatic heterocycles. The normalized spacial score (nSPS) is 10.4. The number of halogens is 2. The minimum Gasteiger partial charge on any atom is -0.258 e. The average molecular weight is 351 g/mol. The number of nitrogens with zero attached hydrogens (tertiary/aromatic N) is 4. The van der Waals surface area contributed by atoms with Crippen LogP contribution in [0, 0.1) is 13.7 Å². The van der Waals surface area contributed by atoms with E-state index in [4.69, 9.17) is 11.6 Å². The summed E-state index contributed by atoms with van der Waals surface area (Å²) in [7, 11) is 0. The Morgan fingerprint density at radius 1 is 1.50 bits per heavy atom. The maximum atomic E-state index is 10.8. The molecule has 0 aliphatic carbocycles. The first kappa shape index (κ1) is 11.3. The van der Waals surface area contributed by atoms with Gasteiger partial charge in [0, 0.05) is 18.5 Å². The molecular weight excluding hydrogens is 346 g/mol. The van der Waals surface area contributed by atoms with Gasteiger partial charge in [-0.3, -0.25) is 10.1 Å². The highest BCUT2D eigenvalue weighted by Crippen LogP contribution is 2.23. The maximum absolute atomic E-state index is 10.8. The average Bonchev–Trinajstić information content (AvgIpc) is 2.64. The Labute approximate surface area is 109 Å². The van der Waals surface area contributed by atoms with Crippen molar-refractivity contribution in [2.75, 3.05) is 0 Å². The number of aromatic nitrogens is 3. The van der Waals surface area contributed by atoms with Crippen LogP contribution < -0.4 is 0 Å². The zero-order valence-corrected chi connectivity index (χ0v) is 10.6. The molecule has 0 saturated carbocycles. The maximum Gasteiger partial charge on any atom is 0.315 e. The molecular formula is C8H4ClIN4O2. The summed E-state index contributed by atoms with van der Waals surface area (Å²) in [6, 6.07) is 1.25. The Bertz CT molecular complexity index is 557. The van der Waals surface area contributed by atoms with Gasteiger partial charge in [0.15, 0.2) is 0 Å². The van der Waals surface area contributed by atoms with Gasteiger partial charge in [-0.15, -0.1) is 0 Å². The minimum atomic E-state index is -0.539. The van der Waals surface area contributed by atoms with Crippen molar-refractivity contribution in [3.8, 4) is 5.82 Å². The van der Waals surface area contributed by atoms with Gasteiger partial charge in [-0.1, -0.05) is 11.6 Å². The molecule has 0 fully saturated rings. The molecule has 0 amide bonds. The molecule has 6 nitrogen and oxygen atoms in total. The topological polar surface area (TPSA) is 73.8 Å². The fourth-order valence-electron chi connectivity index (χ4n) is 1.15. The Hall–Kier alpha value is -1.22. The van der Waals surface area contributed by atoms with Gasteiger partial charge in [0.05, 0.1) is 19.7 Å². The lowest BCUT2D eigenvalue weighted by atomic mass is 10.4. The van der Waals surface area contributed by atoms with Crippen LogP contribution in [0.4, 0.5) is 5.69 Å². The number of hydrogen-bond donors (Lipinski definition) is 0. The summed E-state index contributed by atoms with van der Waals surface area (Å²) in [6.45, 7) is 0. The van der Waals surface area contributed by atoms with Gasteiger partial charge < -0.3 is 0 Å². The third-order valence-corrected chi connectivity index (χ3v) is 2.54. The summed E-state index contributed by atoms with van der Waals surface area (Å²) in [6.07, 6.45) is 4.57. The van der Waals surface area contributed by atoms with Gasteiger partial charge >= 0.3 is 5.69 Å². The standard InChI is InChI=1S/C8H4ClIN4O2/c9-5-1-7(14(15)16)8(11-2-5)13-4-6(10)3-12-13/h1-4H. The van der Waals surface area contributed by atoms with Gasteiger partial charge in [-0.05, 0) is 22.6 Å². The molecule has 0 radical (unpaired) electrons. The summed E-state index contributed by atoms with van der Waals surface area (Å²) in [5.41, 5.74) is -0.174. The zero-order chi connectivity index (χ0) is 11.7. The molecule has 2 heterocycles. The third kappa shape index (κ3) is 2.14. The highest BCUT2D eigenvalue weighted by molar-refractivity contribution is 14.1. The summed E-state index contributed by atoms with van der Waals surface area (Å²) in [5.74, 6) is 0.150. The van der Waals surface area contributed by atoms with Crippen LogP contribution in [0.2, 0.25) is 5.02 Å². The van der Waals surface area contributed by atoms with E-state index in [-0.39, 0.29) is 16.5 Å². The highest BCUT2D eigenvalue weighted by atomic mass is 127. The van der Waals surface area contributed by atoms with E-state index in [9.17, 15) is 10.1 Å². The second-order valence-electron chi connectivity index (χ2n) is 2.86. The van der Waals surface area contributed by atoms with Gasteiger partial charge in [0.25, 0.3) is 0 Å². The van der Waals surface area contributed by atoms with E-state index in [1.165, 1.54) is 16.9 Å². The molecule has 2 rings (SSSR count). The number of hydrogen-bond acceptors (Lipinski definition) is 4. The zero-order valence-electron chi connectivity index (χ0n) is 7.67. The molecule has 2 aromatic rings. The minimum absolute atomic E-state index is 0.150. The van der Waals surface area contributed by atoms with Gasteiger partial charge in [0.2, 0.25) is 5.82 Å². The predicted molar refractivity (Wildman–Crippen MR) is 65.7 cm³/mol. The SMILES string of the molecule is O=[N+]([O-])c1cc(Cl)cnc1-n1cc(I)cn1. The highest BCUT2D eigenvalue weighted by Gasteiger charge is 2.18. The van der Waals surface area contributed by atoms with E-state index >= 15 is 0 Å². The van der Waals surface area contributed by atoms with Crippen molar-refractivity contribution in [2.45, 2.75) is 0 Å². The molecule has 0 unspecified atom stereocenters. The molecule has 0 spiro atoms. The fourth-order valence-corrected chi connectivity index (χ4v) is 1.69. The summed E-state index contributed by atoms with van der Waals surface area (Å²) >= 11 is 7.71. The number of rotatable bonds is 2. The molecule has 0 saturated heterocycles. The van der Waals surface area contributed by atoms with Crippen LogP contribution >= 0.6 is 34.2 Å². The largest absolute Gasteiger partial charge is 0.315 e. The van der Waals surface area contributed by atoms with Gasteiger partial charge in [-0.25, -0.2) is 9.67 Å². The fraction of sp³-hybridized carbons (Fsp3) is 0. The summed E-state index contributed by atoms with van der Waals surface area (Å²) in [5, 5.41) is 15.0. The van der Waals surface area contributed by atoms with Gasteiger partial charge in [-0.2, -0.15) is 5.10 Å². The quantitative estimate of drug-likeness (QED) is 0.474. The van der Waals surface area contributed by atoms with Crippen LogP contribution in [0.15, 0.2) is 24.7 Å². The smallest absolute Gasteiger partial charge is 0.258 e. The van der Waals surface area contributed by atoms with E-state index in [1.54, 1.807) is 12.4 Å². The Kier molecular flexibility index (Phi) is 3.06. The molecule has 0 aliphatic rings. The van der Waals surface area contributed by atoms with Gasteiger partial charge in [0.1, 0.15) is 0 Å². The number of nitro groups is 1. The summed E-state index contributed by atoms with van der Waals surface area (Å²) < 4.78 is 2.21. The van der Waals surface area contributed by atoms with Crippen molar-refractivity contribution in [3.05, 3.63) is 43.4 Å². The first-order valence-electron chi connectivity index (χ1n) is 4.08. The monoisotopic (exact) mass is 350 g/mol. The van der Waals surface area contributed by atoms with Crippen LogP contribution in [0.5, 0.6) is 0 Å². The Balaban J connectivity index is 2.60. The molecule has 8 heteroatoms. The Morgan fingerprint density at radius 3 is 2.81 bits per heavy atom. The van der Waals surface area contributed by atoms with E-state index in [1.807, 2.05) is 0 Å². The van der Waals surface area contributed by atoms with Crippen molar-refractivity contribution < 1.29 is 4.92 Å². The lowest BCUT2D eigenvalue weighted by molar-refractivity contribution is -0.384. The number of pyridine rings is 1. The molecule has 82 valence electrons. The first-order valence-corrected chi connectivity index (χ1v) is 5.54. The predicted octanol–water partition coefficient (Wildman–Crippen LogP) is 2.43.